The fraction of sp³-hybridized carbons (Fsp3) is 1.00. The van der Waals surface area contributed by atoms with Gasteiger partial charge in [-0.15, -0.1) is 14.7 Å². The first-order chi connectivity index (χ1) is 7.35. The van der Waals surface area contributed by atoms with Crippen molar-refractivity contribution in [3.8, 4) is 0 Å². The summed E-state index contributed by atoms with van der Waals surface area (Å²) in [7, 11) is 0. The van der Waals surface area contributed by atoms with Crippen LogP contribution in [-0.4, -0.2) is 51.3 Å². The van der Waals surface area contributed by atoms with Crippen LogP contribution < -0.4 is 0 Å². The van der Waals surface area contributed by atoms with Crippen LogP contribution in [0.3, 0.4) is 0 Å². The highest BCUT2D eigenvalue weighted by Gasteiger charge is 2.85. The van der Waals surface area contributed by atoms with Gasteiger partial charge in [0, 0.05) is 0 Å². The summed E-state index contributed by atoms with van der Waals surface area (Å²) >= 11 is 0. The van der Waals surface area contributed by atoms with Crippen molar-refractivity contribution in [2.24, 2.45) is 15.9 Å². The van der Waals surface area contributed by atoms with Gasteiger partial charge in [0.25, 0.3) is 0 Å². The van der Waals surface area contributed by atoms with E-state index < -0.39 is 0 Å². The van der Waals surface area contributed by atoms with E-state index in [0.717, 1.165) is 0 Å². The minimum Gasteiger partial charge on any atom is -0.246 e. The van der Waals surface area contributed by atoms with Gasteiger partial charge in [0.15, 0.2) is 0 Å². The normalized spacial score (nSPS) is 52.4. The van der Waals surface area contributed by atoms with Crippen LogP contribution in [0.5, 0.6) is 0 Å². The summed E-state index contributed by atoms with van der Waals surface area (Å²) in [5.41, 5.74) is 0. The minimum atomic E-state index is -0.0433. The molecule has 0 aromatic rings. The Bertz CT molecular complexity index is 296. The number of hydrogen-bond acceptors (Lipinski definition) is 6. The largest absolute Gasteiger partial charge is 0.246 e. The molecule has 0 aromatic carbocycles. The lowest BCUT2D eigenvalue weighted by Crippen LogP contribution is -2.20. The summed E-state index contributed by atoms with van der Waals surface area (Å²) in [4.78, 5) is 31.4. The van der Waals surface area contributed by atoms with E-state index in [2.05, 4.69) is 15.9 Å². The van der Waals surface area contributed by atoms with E-state index in [-0.39, 0.29) is 36.3 Å². The fourth-order valence-electron chi connectivity index (χ4n) is 3.25. The van der Waals surface area contributed by atoms with E-state index in [0.29, 0.717) is 0 Å². The molecule has 0 atom stereocenters. The third-order valence-electron chi connectivity index (χ3n) is 3.95. The van der Waals surface area contributed by atoms with Crippen molar-refractivity contribution in [3.63, 3.8) is 0 Å². The van der Waals surface area contributed by atoms with Crippen molar-refractivity contribution in [1.29, 1.82) is 0 Å². The number of rotatable bonds is 3. The second kappa shape index (κ2) is 1.92. The highest BCUT2D eigenvalue weighted by atomic mass is 16.3. The molecule has 3 heterocycles. The average Bonchev–Trinajstić information content (AvgIpc) is 3.11. The molecule has 0 amide bonds. The Morgan fingerprint density at radius 1 is 0.533 bits per heavy atom. The van der Waals surface area contributed by atoms with Gasteiger partial charge >= 0.3 is 0 Å². The maximum atomic E-state index is 10.5. The first-order valence-electron chi connectivity index (χ1n) is 4.70. The third kappa shape index (κ3) is 0.595. The van der Waals surface area contributed by atoms with Crippen LogP contribution in [0.25, 0.3) is 0 Å². The molecule has 1 aliphatic carbocycles. The molecule has 0 N–H and O–H groups in total. The zero-order chi connectivity index (χ0) is 10.3. The van der Waals surface area contributed by atoms with Crippen molar-refractivity contribution >= 4 is 0 Å². The van der Waals surface area contributed by atoms with Crippen molar-refractivity contribution in [3.05, 3.63) is 14.7 Å². The van der Waals surface area contributed by atoms with Crippen molar-refractivity contribution < 1.29 is 0 Å². The Hall–Kier alpha value is -1.80. The monoisotopic (exact) mass is 210 g/mol. The Morgan fingerprint density at radius 3 is 0.867 bits per heavy atom. The molecule has 0 unspecified atom stereocenters. The van der Waals surface area contributed by atoms with E-state index in [1.807, 2.05) is 0 Å². The molecule has 0 radical (unpaired) electrons. The highest BCUT2D eigenvalue weighted by molar-refractivity contribution is 5.37. The zero-order valence-corrected chi connectivity index (χ0v) is 7.37. The standard InChI is InChI=1S/C6H6N6O3/c13-7-10-1-2(10)4-6(12(4)9-15)5-3(1)11(5)8-14/h1-6H. The molecule has 4 rings (SSSR count). The molecule has 3 aliphatic heterocycles. The second-order valence-electron chi connectivity index (χ2n) is 4.33. The van der Waals surface area contributed by atoms with Crippen molar-refractivity contribution in [1.82, 2.24) is 15.0 Å². The van der Waals surface area contributed by atoms with Crippen molar-refractivity contribution in [2.45, 2.75) is 36.3 Å². The number of fused-ring (bicyclic) bond motifs is 6. The SMILES string of the molecule is O=NN1C2C3C(C4C(C21)N4N=O)N3N=O. The van der Waals surface area contributed by atoms with Gasteiger partial charge in [0.05, 0.1) is 52.1 Å². The van der Waals surface area contributed by atoms with E-state index in [1.54, 1.807) is 0 Å². The van der Waals surface area contributed by atoms with Gasteiger partial charge < -0.3 is 0 Å². The highest BCUT2D eigenvalue weighted by Crippen LogP contribution is 2.61. The fourth-order valence-corrected chi connectivity index (χ4v) is 3.25. The molecule has 15 heavy (non-hydrogen) atoms. The van der Waals surface area contributed by atoms with E-state index in [1.165, 1.54) is 15.0 Å². The van der Waals surface area contributed by atoms with Crippen LogP contribution >= 0.6 is 0 Å². The molecular weight excluding hydrogens is 204 g/mol. The second-order valence-corrected chi connectivity index (χ2v) is 4.33. The van der Waals surface area contributed by atoms with Crippen LogP contribution in [0.15, 0.2) is 15.9 Å². The smallest absolute Gasteiger partial charge is 0.0993 e. The number of nitroso groups, excluding NO2 is 3. The van der Waals surface area contributed by atoms with Gasteiger partial charge in [-0.05, 0) is 0 Å². The van der Waals surface area contributed by atoms with Crippen LogP contribution in [0.4, 0.5) is 0 Å². The molecule has 0 bridgehead atoms. The Balaban J connectivity index is 1.69. The Kier molecular flexibility index (Phi) is 0.960. The first-order valence-corrected chi connectivity index (χ1v) is 4.70. The lowest BCUT2D eigenvalue weighted by Gasteiger charge is -1.90. The van der Waals surface area contributed by atoms with Crippen LogP contribution in [-0.2, 0) is 0 Å². The molecular formula is C6H6N6O3. The molecule has 1 saturated carbocycles. The molecule has 4 aliphatic rings. The summed E-state index contributed by atoms with van der Waals surface area (Å²) in [6.45, 7) is 0. The maximum Gasteiger partial charge on any atom is 0.0993 e. The summed E-state index contributed by atoms with van der Waals surface area (Å²) in [5.74, 6) is 0. The van der Waals surface area contributed by atoms with Crippen LogP contribution in [0.1, 0.15) is 0 Å². The lowest BCUT2D eigenvalue weighted by atomic mass is 10.0. The summed E-state index contributed by atoms with van der Waals surface area (Å²) in [5, 5.41) is 12.8. The van der Waals surface area contributed by atoms with E-state index in [9.17, 15) is 14.7 Å². The molecule has 0 spiro atoms. The zero-order valence-electron chi connectivity index (χ0n) is 7.37. The van der Waals surface area contributed by atoms with Crippen molar-refractivity contribution in [2.75, 3.05) is 0 Å². The van der Waals surface area contributed by atoms with E-state index in [4.69, 9.17) is 0 Å². The number of nitrogens with zero attached hydrogens (tertiary/aromatic N) is 6. The predicted octanol–water partition coefficient (Wildman–Crippen LogP) is -0.797. The average molecular weight is 210 g/mol. The summed E-state index contributed by atoms with van der Waals surface area (Å²) in [6, 6.07) is -0.260. The van der Waals surface area contributed by atoms with Gasteiger partial charge in [0.1, 0.15) is 0 Å². The summed E-state index contributed by atoms with van der Waals surface area (Å²) in [6.07, 6.45) is 0. The van der Waals surface area contributed by atoms with Crippen LogP contribution in [0, 0.1) is 14.7 Å². The topological polar surface area (TPSA) is 97.3 Å². The lowest BCUT2D eigenvalue weighted by molar-refractivity contribution is 0.444. The number of hydrogen-bond donors (Lipinski definition) is 0. The minimum absolute atomic E-state index is 0.0433. The van der Waals surface area contributed by atoms with Crippen LogP contribution in [0.2, 0.25) is 0 Å². The molecule has 78 valence electrons. The molecule has 9 heteroatoms. The summed E-state index contributed by atoms with van der Waals surface area (Å²) < 4.78 is 0. The Morgan fingerprint density at radius 2 is 0.733 bits per heavy atom. The Labute approximate surface area is 82.8 Å². The molecule has 4 fully saturated rings. The van der Waals surface area contributed by atoms with E-state index >= 15 is 0 Å². The molecule has 3 saturated heterocycles. The van der Waals surface area contributed by atoms with Gasteiger partial charge in [-0.1, -0.05) is 0 Å². The first kappa shape index (κ1) is 7.49. The van der Waals surface area contributed by atoms with Gasteiger partial charge in [-0.2, -0.15) is 0 Å². The van der Waals surface area contributed by atoms with Gasteiger partial charge in [0.2, 0.25) is 0 Å². The molecule has 0 aromatic heterocycles. The molecule has 9 nitrogen and oxygen atoms in total. The third-order valence-corrected chi connectivity index (χ3v) is 3.95. The van der Waals surface area contributed by atoms with Gasteiger partial charge in [-0.25, -0.2) is 15.0 Å². The van der Waals surface area contributed by atoms with Gasteiger partial charge in [-0.3, -0.25) is 0 Å². The quantitative estimate of drug-likeness (QED) is 0.447. The predicted molar refractivity (Wildman–Crippen MR) is 45.6 cm³/mol. The maximum absolute atomic E-state index is 10.5.